The van der Waals surface area contributed by atoms with Crippen LogP contribution in [0.2, 0.25) is 0 Å². The van der Waals surface area contributed by atoms with E-state index in [1.54, 1.807) is 25.3 Å². The quantitative estimate of drug-likeness (QED) is 0.437. The molecule has 1 aromatic heterocycles. The third-order valence-corrected chi connectivity index (χ3v) is 8.64. The fourth-order valence-electron chi connectivity index (χ4n) is 3.53. The smallest absolute Gasteiger partial charge is 0.326 e. The van der Waals surface area contributed by atoms with Gasteiger partial charge in [0.1, 0.15) is 6.54 Å². The lowest BCUT2D eigenvalue weighted by atomic mass is 10.1. The van der Waals surface area contributed by atoms with Gasteiger partial charge in [-0.3, -0.25) is 9.59 Å². The molecule has 0 N–H and O–H groups in total. The number of fused-ring (bicyclic) bond motifs is 1. The Bertz CT molecular complexity index is 1380. The van der Waals surface area contributed by atoms with Crippen LogP contribution < -0.4 is 4.80 Å². The van der Waals surface area contributed by atoms with Crippen molar-refractivity contribution in [3.05, 3.63) is 57.9 Å². The molecule has 0 fully saturated rings. The van der Waals surface area contributed by atoms with E-state index in [0.29, 0.717) is 17.9 Å². The fraction of sp³-hybridized carbons (Fsp3) is 0.375. The lowest BCUT2D eigenvalue weighted by molar-refractivity contribution is -0.143. The van der Waals surface area contributed by atoms with Crippen molar-refractivity contribution in [2.75, 3.05) is 19.7 Å². The van der Waals surface area contributed by atoms with Gasteiger partial charge in [-0.05, 0) is 68.3 Å². The summed E-state index contributed by atoms with van der Waals surface area (Å²) in [5.74, 6) is -0.940. The highest BCUT2D eigenvalue weighted by atomic mass is 32.2. The number of sulfonamides is 1. The van der Waals surface area contributed by atoms with Gasteiger partial charge in [0.2, 0.25) is 10.0 Å². The molecule has 3 aromatic rings. The second-order valence-electron chi connectivity index (χ2n) is 7.71. The first-order valence-electron chi connectivity index (χ1n) is 11.1. The van der Waals surface area contributed by atoms with Crippen molar-refractivity contribution in [2.45, 2.75) is 46.1 Å². The predicted octanol–water partition coefficient (Wildman–Crippen LogP) is 3.65. The maximum atomic E-state index is 12.9. The molecule has 10 heteroatoms. The van der Waals surface area contributed by atoms with Crippen molar-refractivity contribution in [1.29, 1.82) is 0 Å². The molecular formula is C24H29N3O5S2. The molecule has 34 heavy (non-hydrogen) atoms. The third-order valence-electron chi connectivity index (χ3n) is 5.53. The van der Waals surface area contributed by atoms with Crippen molar-refractivity contribution in [2.24, 2.45) is 4.99 Å². The number of esters is 1. The molecule has 0 radical (unpaired) electrons. The van der Waals surface area contributed by atoms with Crippen molar-refractivity contribution in [3.63, 3.8) is 0 Å². The van der Waals surface area contributed by atoms with E-state index in [-0.39, 0.29) is 23.6 Å². The molecule has 0 aliphatic rings. The Morgan fingerprint density at radius 3 is 2.24 bits per heavy atom. The predicted molar refractivity (Wildman–Crippen MR) is 132 cm³/mol. The topological polar surface area (TPSA) is 98.0 Å². The van der Waals surface area contributed by atoms with Crippen LogP contribution >= 0.6 is 11.3 Å². The van der Waals surface area contributed by atoms with E-state index < -0.39 is 21.9 Å². The van der Waals surface area contributed by atoms with Crippen LogP contribution in [0.1, 0.15) is 42.3 Å². The zero-order valence-electron chi connectivity index (χ0n) is 20.0. The zero-order chi connectivity index (χ0) is 25.0. The Morgan fingerprint density at radius 1 is 1.03 bits per heavy atom. The number of hydrogen-bond acceptors (Lipinski definition) is 6. The van der Waals surface area contributed by atoms with Crippen LogP contribution in [0.5, 0.6) is 0 Å². The molecule has 1 amide bonds. The summed E-state index contributed by atoms with van der Waals surface area (Å²) in [5, 5.41) is 0. The first-order chi connectivity index (χ1) is 16.1. The van der Waals surface area contributed by atoms with E-state index in [1.165, 1.54) is 39.9 Å². The molecule has 3 rings (SSSR count). The van der Waals surface area contributed by atoms with Gasteiger partial charge in [-0.2, -0.15) is 9.30 Å². The number of thiazole rings is 1. The number of carbonyl (C=O) groups excluding carboxylic acids is 2. The second kappa shape index (κ2) is 10.6. The minimum Gasteiger partial charge on any atom is -0.465 e. The Morgan fingerprint density at radius 2 is 1.65 bits per heavy atom. The molecule has 8 nitrogen and oxygen atoms in total. The molecular weight excluding hydrogens is 474 g/mol. The monoisotopic (exact) mass is 503 g/mol. The van der Waals surface area contributed by atoms with Gasteiger partial charge in [-0.1, -0.05) is 25.2 Å². The van der Waals surface area contributed by atoms with Crippen LogP contribution in [-0.2, 0) is 26.1 Å². The van der Waals surface area contributed by atoms with Gasteiger partial charge in [0.05, 0.1) is 21.7 Å². The maximum absolute atomic E-state index is 12.9. The van der Waals surface area contributed by atoms with Gasteiger partial charge in [-0.25, -0.2) is 8.42 Å². The summed E-state index contributed by atoms with van der Waals surface area (Å²) in [6.45, 7) is 10.2. The normalized spacial score (nSPS) is 12.5. The number of aromatic nitrogens is 1. The van der Waals surface area contributed by atoms with Crippen molar-refractivity contribution in [3.8, 4) is 0 Å². The minimum atomic E-state index is -3.62. The number of rotatable bonds is 8. The summed E-state index contributed by atoms with van der Waals surface area (Å²) in [5.41, 5.74) is 3.21. The zero-order valence-corrected chi connectivity index (χ0v) is 21.6. The van der Waals surface area contributed by atoms with Gasteiger partial charge < -0.3 is 9.30 Å². The second-order valence-corrected chi connectivity index (χ2v) is 10.7. The van der Waals surface area contributed by atoms with Crippen molar-refractivity contribution in [1.82, 2.24) is 8.87 Å². The minimum absolute atomic E-state index is 0.0660. The highest BCUT2D eigenvalue weighted by Crippen LogP contribution is 2.22. The molecule has 0 spiro atoms. The number of ether oxygens (including phenoxy) is 1. The molecule has 0 unspecified atom stereocenters. The van der Waals surface area contributed by atoms with Crippen LogP contribution in [-0.4, -0.2) is 48.9 Å². The number of amides is 1. The van der Waals surface area contributed by atoms with E-state index in [1.807, 2.05) is 26.0 Å². The van der Waals surface area contributed by atoms with Crippen LogP contribution in [0.4, 0.5) is 0 Å². The summed E-state index contributed by atoms with van der Waals surface area (Å²) in [6, 6.07) is 9.73. The van der Waals surface area contributed by atoms with Gasteiger partial charge >= 0.3 is 5.97 Å². The standard InChI is InChI=1S/C24H29N3O5S2/c1-6-26(7-2)34(30,31)19-11-9-18(10-12-19)23(29)25-24-27(15-22(28)32-8-3)20-13-16(4)17(5)14-21(20)33-24/h9-14H,6-8,15H2,1-5H3. The summed E-state index contributed by atoms with van der Waals surface area (Å²) < 4.78 is 34.4. The van der Waals surface area contributed by atoms with E-state index in [0.717, 1.165) is 21.3 Å². The average molecular weight is 504 g/mol. The summed E-state index contributed by atoms with van der Waals surface area (Å²) in [7, 11) is -3.62. The maximum Gasteiger partial charge on any atom is 0.326 e. The number of hydrogen-bond donors (Lipinski definition) is 0. The molecule has 0 aliphatic carbocycles. The van der Waals surface area contributed by atoms with Gasteiger partial charge in [0.25, 0.3) is 5.91 Å². The van der Waals surface area contributed by atoms with Gasteiger partial charge in [-0.15, -0.1) is 0 Å². The summed E-state index contributed by atoms with van der Waals surface area (Å²) >= 11 is 1.31. The largest absolute Gasteiger partial charge is 0.465 e. The Kier molecular flexibility index (Phi) is 8.06. The number of nitrogens with zero attached hydrogens (tertiary/aromatic N) is 3. The highest BCUT2D eigenvalue weighted by molar-refractivity contribution is 7.89. The first-order valence-corrected chi connectivity index (χ1v) is 13.3. The SMILES string of the molecule is CCOC(=O)Cn1c(=NC(=O)c2ccc(S(=O)(=O)N(CC)CC)cc2)sc2cc(C)c(C)cc21. The number of carbonyl (C=O) groups is 2. The molecule has 0 saturated heterocycles. The van der Waals surface area contributed by atoms with Gasteiger partial charge in [0.15, 0.2) is 4.80 Å². The van der Waals surface area contributed by atoms with Crippen LogP contribution in [0.3, 0.4) is 0 Å². The average Bonchev–Trinajstić information content (AvgIpc) is 3.10. The summed E-state index contributed by atoms with van der Waals surface area (Å²) in [6.07, 6.45) is 0. The molecule has 1 heterocycles. The van der Waals surface area contributed by atoms with Crippen molar-refractivity contribution >= 4 is 43.5 Å². The Labute approximate surface area is 203 Å². The highest BCUT2D eigenvalue weighted by Gasteiger charge is 2.22. The van der Waals surface area contributed by atoms with E-state index in [9.17, 15) is 18.0 Å². The fourth-order valence-corrected chi connectivity index (χ4v) is 6.09. The van der Waals surface area contributed by atoms with Crippen molar-refractivity contribution < 1.29 is 22.7 Å². The Hall–Kier alpha value is -2.82. The van der Waals surface area contributed by atoms with E-state index in [2.05, 4.69) is 4.99 Å². The van der Waals surface area contributed by atoms with Crippen LogP contribution in [0.25, 0.3) is 10.2 Å². The summed E-state index contributed by atoms with van der Waals surface area (Å²) in [4.78, 5) is 29.9. The molecule has 182 valence electrons. The van der Waals surface area contributed by atoms with E-state index in [4.69, 9.17) is 4.74 Å². The van der Waals surface area contributed by atoms with Crippen LogP contribution in [0, 0.1) is 13.8 Å². The number of aryl methyl sites for hydroxylation is 2. The number of benzene rings is 2. The molecule has 0 atom stereocenters. The molecule has 2 aromatic carbocycles. The Balaban J connectivity index is 2.03. The molecule has 0 saturated carbocycles. The molecule has 0 bridgehead atoms. The van der Waals surface area contributed by atoms with Crippen LogP contribution in [0.15, 0.2) is 46.3 Å². The lowest BCUT2D eigenvalue weighted by Crippen LogP contribution is -2.30. The van der Waals surface area contributed by atoms with E-state index >= 15 is 0 Å². The lowest BCUT2D eigenvalue weighted by Gasteiger charge is -2.18. The van der Waals surface area contributed by atoms with Gasteiger partial charge in [0, 0.05) is 18.7 Å². The molecule has 0 aliphatic heterocycles. The third kappa shape index (κ3) is 5.29. The first kappa shape index (κ1) is 25.8.